The Morgan fingerprint density at radius 1 is 1.47 bits per heavy atom. The third kappa shape index (κ3) is 4.15. The van der Waals surface area contributed by atoms with Gasteiger partial charge < -0.3 is 9.84 Å². The summed E-state index contributed by atoms with van der Waals surface area (Å²) in [4.78, 5) is 11.0. The second-order valence-corrected chi connectivity index (χ2v) is 7.04. The van der Waals surface area contributed by atoms with E-state index in [1.807, 2.05) is 13.8 Å². The Bertz CT molecular complexity index is 404. The number of sulfonamides is 1. The number of ether oxygens (including phenoxy) is 1. The van der Waals surface area contributed by atoms with Crippen LogP contribution in [0.5, 0.6) is 0 Å². The molecule has 0 amide bonds. The molecule has 112 valence electrons. The molecule has 3 atom stereocenters. The van der Waals surface area contributed by atoms with Crippen LogP contribution in [0.15, 0.2) is 0 Å². The smallest absolute Gasteiger partial charge is 0.307 e. The second kappa shape index (κ2) is 6.67. The first-order valence-corrected chi connectivity index (χ1v) is 8.17. The maximum absolute atomic E-state index is 12.3. The maximum Gasteiger partial charge on any atom is 0.307 e. The van der Waals surface area contributed by atoms with E-state index in [1.165, 1.54) is 11.4 Å². The largest absolute Gasteiger partial charge is 0.481 e. The summed E-state index contributed by atoms with van der Waals surface area (Å²) in [5.74, 6) is -1.61. The van der Waals surface area contributed by atoms with Crippen molar-refractivity contribution in [2.45, 2.75) is 45.3 Å². The van der Waals surface area contributed by atoms with E-state index in [4.69, 9.17) is 9.84 Å². The van der Waals surface area contributed by atoms with Crippen molar-refractivity contribution in [1.29, 1.82) is 0 Å². The zero-order valence-corrected chi connectivity index (χ0v) is 12.5. The predicted octanol–water partition coefficient (Wildman–Crippen LogP) is 0.926. The third-order valence-corrected chi connectivity index (χ3v) is 5.73. The lowest BCUT2D eigenvalue weighted by atomic mass is 9.96. The molecule has 1 N–H and O–H groups in total. The van der Waals surface area contributed by atoms with Crippen LogP contribution in [0.1, 0.15) is 33.1 Å². The minimum Gasteiger partial charge on any atom is -0.481 e. The van der Waals surface area contributed by atoms with Crippen LogP contribution >= 0.6 is 0 Å². The molecule has 0 spiro atoms. The van der Waals surface area contributed by atoms with Gasteiger partial charge in [-0.2, -0.15) is 4.31 Å². The van der Waals surface area contributed by atoms with Gasteiger partial charge in [-0.15, -0.1) is 0 Å². The van der Waals surface area contributed by atoms with Gasteiger partial charge in [-0.1, -0.05) is 6.92 Å². The molecular weight excluding hydrogens is 270 g/mol. The molecule has 1 rings (SSSR count). The van der Waals surface area contributed by atoms with Gasteiger partial charge in [0.2, 0.25) is 10.0 Å². The lowest BCUT2D eigenvalue weighted by Gasteiger charge is -2.36. The molecule has 0 aromatic rings. The summed E-state index contributed by atoms with van der Waals surface area (Å²) in [5, 5.41) is 9.04. The minimum atomic E-state index is -3.48. The van der Waals surface area contributed by atoms with Crippen molar-refractivity contribution in [2.24, 2.45) is 5.92 Å². The average molecular weight is 293 g/mol. The first kappa shape index (κ1) is 16.4. The topological polar surface area (TPSA) is 83.9 Å². The minimum absolute atomic E-state index is 0.0684. The van der Waals surface area contributed by atoms with Crippen LogP contribution in [0.4, 0.5) is 0 Å². The van der Waals surface area contributed by atoms with Crippen molar-refractivity contribution in [3.05, 3.63) is 0 Å². The van der Waals surface area contributed by atoms with Crippen molar-refractivity contribution in [3.8, 4) is 0 Å². The van der Waals surface area contributed by atoms with Gasteiger partial charge in [0, 0.05) is 19.7 Å². The van der Waals surface area contributed by atoms with Crippen molar-refractivity contribution in [3.63, 3.8) is 0 Å². The Morgan fingerprint density at radius 2 is 2.11 bits per heavy atom. The van der Waals surface area contributed by atoms with Gasteiger partial charge in [-0.3, -0.25) is 4.79 Å². The van der Waals surface area contributed by atoms with E-state index in [0.717, 1.165) is 0 Å². The van der Waals surface area contributed by atoms with E-state index >= 15 is 0 Å². The van der Waals surface area contributed by atoms with Crippen molar-refractivity contribution >= 4 is 16.0 Å². The molecule has 0 radical (unpaired) electrons. The molecule has 1 aliphatic heterocycles. The number of aliphatic carboxylic acids is 1. The fourth-order valence-electron chi connectivity index (χ4n) is 2.35. The molecule has 3 unspecified atom stereocenters. The molecular formula is C12H23NO5S. The molecule has 1 fully saturated rings. The fourth-order valence-corrected chi connectivity index (χ4v) is 4.44. The van der Waals surface area contributed by atoms with Crippen molar-refractivity contribution < 1.29 is 23.1 Å². The summed E-state index contributed by atoms with van der Waals surface area (Å²) in [7, 11) is -1.99. The number of nitrogens with zero attached hydrogens (tertiary/aromatic N) is 1. The molecule has 6 nitrogen and oxygen atoms in total. The van der Waals surface area contributed by atoms with Gasteiger partial charge in [0.1, 0.15) is 0 Å². The SMILES string of the molecule is CCC(CS(=O)(=O)N1CC(C(=O)O)CCC1C)OC. The van der Waals surface area contributed by atoms with Gasteiger partial charge >= 0.3 is 5.97 Å². The Morgan fingerprint density at radius 3 is 2.58 bits per heavy atom. The summed E-state index contributed by atoms with van der Waals surface area (Å²) in [6.07, 6.45) is 1.38. The van der Waals surface area contributed by atoms with Crippen LogP contribution in [-0.4, -0.2) is 55.4 Å². The summed E-state index contributed by atoms with van der Waals surface area (Å²) in [6.45, 7) is 3.76. The standard InChI is InChI=1S/C12H23NO5S/c1-4-11(18-3)8-19(16,17)13-7-10(12(14)15)6-5-9(13)2/h9-11H,4-8H2,1-3H3,(H,14,15). The lowest BCUT2D eigenvalue weighted by molar-refractivity contribution is -0.143. The number of hydrogen-bond acceptors (Lipinski definition) is 4. The lowest BCUT2D eigenvalue weighted by Crippen LogP contribution is -2.49. The number of carboxylic acid groups (broad SMARTS) is 1. The molecule has 1 heterocycles. The number of methoxy groups -OCH3 is 1. The zero-order chi connectivity index (χ0) is 14.6. The molecule has 7 heteroatoms. The monoisotopic (exact) mass is 293 g/mol. The van der Waals surface area contributed by atoms with Gasteiger partial charge in [0.05, 0.1) is 17.8 Å². The Hall–Kier alpha value is -0.660. The number of rotatable bonds is 6. The summed E-state index contributed by atoms with van der Waals surface area (Å²) in [6, 6.07) is -0.144. The first-order valence-electron chi connectivity index (χ1n) is 6.57. The third-order valence-electron chi connectivity index (χ3n) is 3.72. The number of hydrogen-bond donors (Lipinski definition) is 1. The van der Waals surface area contributed by atoms with Gasteiger partial charge in [0.15, 0.2) is 0 Å². The molecule has 1 aliphatic rings. The number of carboxylic acids is 1. The van der Waals surface area contributed by atoms with E-state index < -0.39 is 21.9 Å². The van der Waals surface area contributed by atoms with Gasteiger partial charge in [-0.05, 0) is 26.2 Å². The molecule has 19 heavy (non-hydrogen) atoms. The van der Waals surface area contributed by atoms with Crippen LogP contribution in [0, 0.1) is 5.92 Å². The van der Waals surface area contributed by atoms with Crippen LogP contribution in [0.25, 0.3) is 0 Å². The van der Waals surface area contributed by atoms with Crippen LogP contribution in [0.3, 0.4) is 0 Å². The van der Waals surface area contributed by atoms with E-state index in [-0.39, 0.29) is 24.4 Å². The van der Waals surface area contributed by atoms with Crippen molar-refractivity contribution in [1.82, 2.24) is 4.31 Å². The fraction of sp³-hybridized carbons (Fsp3) is 0.917. The normalized spacial score (nSPS) is 27.1. The molecule has 0 aromatic heterocycles. The Kier molecular flexibility index (Phi) is 5.76. The highest BCUT2D eigenvalue weighted by atomic mass is 32.2. The van der Waals surface area contributed by atoms with E-state index in [2.05, 4.69) is 0 Å². The number of piperidine rings is 1. The summed E-state index contributed by atoms with van der Waals surface area (Å²) in [5.41, 5.74) is 0. The highest BCUT2D eigenvalue weighted by Crippen LogP contribution is 2.25. The van der Waals surface area contributed by atoms with Crippen LogP contribution < -0.4 is 0 Å². The summed E-state index contributed by atoms with van der Waals surface area (Å²) < 4.78 is 31.1. The van der Waals surface area contributed by atoms with Crippen LogP contribution in [-0.2, 0) is 19.6 Å². The highest BCUT2D eigenvalue weighted by molar-refractivity contribution is 7.89. The van der Waals surface area contributed by atoms with Crippen molar-refractivity contribution in [2.75, 3.05) is 19.4 Å². The predicted molar refractivity (Wildman–Crippen MR) is 71.4 cm³/mol. The number of carbonyl (C=O) groups is 1. The maximum atomic E-state index is 12.3. The molecule has 0 aromatic carbocycles. The van der Waals surface area contributed by atoms with E-state index in [1.54, 1.807) is 0 Å². The quantitative estimate of drug-likeness (QED) is 0.787. The van der Waals surface area contributed by atoms with Gasteiger partial charge in [-0.25, -0.2) is 8.42 Å². The second-order valence-electron chi connectivity index (χ2n) is 5.08. The van der Waals surface area contributed by atoms with Gasteiger partial charge in [0.25, 0.3) is 0 Å². The molecule has 0 bridgehead atoms. The first-order chi connectivity index (χ1) is 8.81. The van der Waals surface area contributed by atoms with E-state index in [9.17, 15) is 13.2 Å². The zero-order valence-electron chi connectivity index (χ0n) is 11.7. The average Bonchev–Trinajstić information content (AvgIpc) is 2.35. The summed E-state index contributed by atoms with van der Waals surface area (Å²) >= 11 is 0. The molecule has 1 saturated heterocycles. The van der Waals surface area contributed by atoms with E-state index in [0.29, 0.717) is 19.3 Å². The highest BCUT2D eigenvalue weighted by Gasteiger charge is 2.37. The van der Waals surface area contributed by atoms with Crippen LogP contribution in [0.2, 0.25) is 0 Å². The molecule has 0 saturated carbocycles. The Labute approximate surface area is 114 Å². The molecule has 0 aliphatic carbocycles. The Balaban J connectivity index is 2.82.